The zero-order valence-electron chi connectivity index (χ0n) is 43.7. The van der Waals surface area contributed by atoms with Crippen molar-refractivity contribution in [2.45, 2.75) is 142 Å². The quantitative estimate of drug-likeness (QED) is 0.0947. The van der Waals surface area contributed by atoms with Gasteiger partial charge in [-0.25, -0.2) is 4.68 Å². The van der Waals surface area contributed by atoms with Crippen molar-refractivity contribution >= 4 is 22.7 Å². The summed E-state index contributed by atoms with van der Waals surface area (Å²) in [7, 11) is 3.46. The highest BCUT2D eigenvalue weighted by Gasteiger charge is 2.47. The number of benzene rings is 2. The molecule has 73 heavy (non-hydrogen) atoms. The van der Waals surface area contributed by atoms with Gasteiger partial charge in [-0.15, -0.1) is 5.10 Å². The first kappa shape index (κ1) is 57.4. The second-order valence-corrected chi connectivity index (χ2v) is 20.2. The Balaban J connectivity index is 1.39. The number of hydrogen-bond donors (Lipinski definition) is 3. The molecule has 0 aliphatic carbocycles. The van der Waals surface area contributed by atoms with Crippen LogP contribution in [0.25, 0.3) is 16.6 Å². The van der Waals surface area contributed by atoms with Crippen molar-refractivity contribution in [3.63, 3.8) is 0 Å². The van der Waals surface area contributed by atoms with Crippen LogP contribution in [0.15, 0.2) is 90.8 Å². The standard InChI is InChI=1S/C55H76F3N7O8/c1-10-48-41(31-63(11-2)12-3)25-34(4)17-22-46(66)35(5)26-40(53(36(6)47(67)28-49(68)72-48)73-54-52(70)50(62(8)9)51(69)37(7)71-54)23-24-64(30-38-18-20-42(21-19-38)55(56,57)58)32-43-33-65(61-60-43)44-27-39-15-13-14-16-45(39)59-29-44/h13-22,25,27,29,33,35-37,40-41,47-48,50-54,67,69-70H,10-12,23-24,26,28,30-32H2,1-9H3/b22-17+,34-25+/t35-,36+,37-,40+,41-,47-,48-,50+,51-,52-,53-,54+/m1/s1. The summed E-state index contributed by atoms with van der Waals surface area (Å²) in [6, 6.07) is 13.8. The molecule has 2 aromatic heterocycles. The first-order valence-electron chi connectivity index (χ1n) is 25.7. The van der Waals surface area contributed by atoms with E-state index in [0.29, 0.717) is 36.3 Å². The first-order chi connectivity index (χ1) is 34.7. The number of cyclic esters (lactones) is 1. The second-order valence-electron chi connectivity index (χ2n) is 20.2. The maximum Gasteiger partial charge on any atom is 0.416 e. The first-order valence-corrected chi connectivity index (χ1v) is 25.7. The van der Waals surface area contributed by atoms with Crippen LogP contribution in [-0.2, 0) is 43.1 Å². The molecule has 3 N–H and O–H groups in total. The van der Waals surface area contributed by atoms with E-state index in [2.05, 4.69) is 34.0 Å². The smallest absolute Gasteiger partial charge is 0.416 e. The summed E-state index contributed by atoms with van der Waals surface area (Å²) >= 11 is 0. The predicted molar refractivity (Wildman–Crippen MR) is 272 cm³/mol. The molecule has 2 aliphatic rings. The molecule has 0 unspecified atom stereocenters. The Morgan fingerprint density at radius 3 is 2.30 bits per heavy atom. The van der Waals surface area contributed by atoms with Crippen LogP contribution in [0.2, 0.25) is 0 Å². The van der Waals surface area contributed by atoms with Crippen LogP contribution in [-0.4, -0.2) is 151 Å². The lowest BCUT2D eigenvalue weighted by Gasteiger charge is -2.46. The number of rotatable bonds is 16. The Morgan fingerprint density at radius 2 is 1.63 bits per heavy atom. The topological polar surface area (TPSA) is 176 Å². The lowest BCUT2D eigenvalue weighted by molar-refractivity contribution is -0.304. The number of esters is 1. The fraction of sp³-hybridized carbons (Fsp3) is 0.582. The number of carbonyl (C=O) groups is 2. The third-order valence-corrected chi connectivity index (χ3v) is 14.6. The van der Waals surface area contributed by atoms with E-state index < -0.39 is 84.4 Å². The monoisotopic (exact) mass is 1020 g/mol. The summed E-state index contributed by atoms with van der Waals surface area (Å²) in [4.78, 5) is 38.7. The third-order valence-electron chi connectivity index (χ3n) is 14.6. The van der Waals surface area contributed by atoms with E-state index in [0.717, 1.165) is 41.7 Å². The number of pyridine rings is 1. The summed E-state index contributed by atoms with van der Waals surface area (Å²) in [6.07, 6.45) is -2.25. The summed E-state index contributed by atoms with van der Waals surface area (Å²) in [5.74, 6) is -2.89. The number of alkyl halides is 3. The summed E-state index contributed by atoms with van der Waals surface area (Å²) < 4.78 is 62.0. The highest BCUT2D eigenvalue weighted by Crippen LogP contribution is 2.36. The molecule has 1 saturated heterocycles. The van der Waals surface area contributed by atoms with Crippen LogP contribution in [0, 0.1) is 23.7 Å². The fourth-order valence-electron chi connectivity index (χ4n) is 10.2. The number of hydrogen-bond acceptors (Lipinski definition) is 14. The van der Waals surface area contributed by atoms with Crippen molar-refractivity contribution in [2.24, 2.45) is 23.7 Å². The lowest BCUT2D eigenvalue weighted by atomic mass is 9.79. The number of nitrogens with zero attached hydrogens (tertiary/aromatic N) is 7. The Bertz CT molecular complexity index is 2460. The summed E-state index contributed by atoms with van der Waals surface area (Å²) in [6.45, 7) is 16.2. The minimum Gasteiger partial charge on any atom is -0.462 e. The molecule has 6 rings (SSSR count). The number of allylic oxidation sites excluding steroid dienone is 3. The van der Waals surface area contributed by atoms with Crippen LogP contribution >= 0.6 is 0 Å². The van der Waals surface area contributed by atoms with Crippen LogP contribution in [0.3, 0.4) is 0 Å². The van der Waals surface area contributed by atoms with Crippen molar-refractivity contribution < 1.29 is 52.3 Å². The van der Waals surface area contributed by atoms with Crippen molar-refractivity contribution in [1.82, 2.24) is 34.7 Å². The molecule has 400 valence electrons. The molecule has 0 radical (unpaired) electrons. The molecule has 0 bridgehead atoms. The Kier molecular flexibility index (Phi) is 20.5. The average Bonchev–Trinajstić information content (AvgIpc) is 3.83. The summed E-state index contributed by atoms with van der Waals surface area (Å²) in [5, 5.41) is 44.9. The van der Waals surface area contributed by atoms with Crippen molar-refractivity contribution in [3.8, 4) is 5.69 Å². The van der Waals surface area contributed by atoms with Crippen molar-refractivity contribution in [1.29, 1.82) is 0 Å². The molecular weight excluding hydrogens is 944 g/mol. The van der Waals surface area contributed by atoms with Gasteiger partial charge in [-0.05, 0) is 109 Å². The van der Waals surface area contributed by atoms with E-state index in [4.69, 9.17) is 14.2 Å². The fourth-order valence-corrected chi connectivity index (χ4v) is 10.2. The van der Waals surface area contributed by atoms with Gasteiger partial charge in [0.1, 0.15) is 12.2 Å². The molecule has 0 spiro atoms. The molecule has 0 saturated carbocycles. The second kappa shape index (κ2) is 26.0. The van der Waals surface area contributed by atoms with E-state index in [-0.39, 0.29) is 44.2 Å². The van der Waals surface area contributed by atoms with Gasteiger partial charge in [0.2, 0.25) is 0 Å². The Hall–Kier alpha value is -4.92. The zero-order chi connectivity index (χ0) is 53.1. The number of aliphatic hydroxyl groups excluding tert-OH is 3. The number of ketones is 1. The van der Waals surface area contributed by atoms with E-state index in [1.807, 2.05) is 62.1 Å². The van der Waals surface area contributed by atoms with Crippen LogP contribution < -0.4 is 0 Å². The van der Waals surface area contributed by atoms with E-state index in [1.54, 1.807) is 62.1 Å². The predicted octanol–water partition coefficient (Wildman–Crippen LogP) is 7.40. The van der Waals surface area contributed by atoms with Gasteiger partial charge in [0.25, 0.3) is 0 Å². The number of aromatic nitrogens is 4. The number of likely N-dealkylation sites (N-methyl/N-ethyl adjacent to an activating group) is 1. The molecule has 2 aliphatic heterocycles. The third kappa shape index (κ3) is 15.3. The number of halogens is 3. The number of ether oxygens (including phenoxy) is 3. The van der Waals surface area contributed by atoms with Gasteiger partial charge < -0.3 is 39.3 Å². The minimum atomic E-state index is -4.52. The van der Waals surface area contributed by atoms with E-state index in [1.165, 1.54) is 12.1 Å². The molecule has 2 aromatic carbocycles. The van der Waals surface area contributed by atoms with E-state index in [9.17, 15) is 38.1 Å². The SMILES string of the molecule is CC[C@H]1OC(=O)C[C@@H](O)[C@H](C)[C@@H](O[C@@H]2O[C@H](C)[C@@H](O)[C@H](N(C)C)[C@H]2O)[C@@H](CCN(Cc2ccc(C(F)(F)F)cc2)Cc2cn(-c3cnc4ccccc4c3)nn2)C[C@@H](C)C(=O)/C=C/C(C)=C/[C@@H]1CN(CC)CC. The highest BCUT2D eigenvalue weighted by atomic mass is 19.4. The molecule has 4 heterocycles. The molecule has 18 heteroatoms. The largest absolute Gasteiger partial charge is 0.462 e. The average molecular weight is 1020 g/mol. The van der Waals surface area contributed by atoms with Gasteiger partial charge >= 0.3 is 12.1 Å². The van der Waals surface area contributed by atoms with Crippen LogP contribution in [0.4, 0.5) is 13.2 Å². The number of para-hydroxylation sites is 1. The molecule has 12 atom stereocenters. The molecule has 1 fully saturated rings. The van der Waals surface area contributed by atoms with Crippen LogP contribution in [0.1, 0.15) is 91.0 Å². The molecular formula is C55H76F3N7O8. The normalized spacial score (nSPS) is 29.4. The minimum absolute atomic E-state index is 0.143. The van der Waals surface area contributed by atoms with Gasteiger partial charge in [0, 0.05) is 42.8 Å². The lowest BCUT2D eigenvalue weighted by Crippen LogP contribution is -2.63. The van der Waals surface area contributed by atoms with E-state index >= 15 is 0 Å². The van der Waals surface area contributed by atoms with Gasteiger partial charge in [-0.3, -0.25) is 19.5 Å². The molecule has 15 nitrogen and oxygen atoms in total. The molecule has 4 aromatic rings. The zero-order valence-corrected chi connectivity index (χ0v) is 43.7. The van der Waals surface area contributed by atoms with Crippen molar-refractivity contribution in [2.75, 3.05) is 40.3 Å². The Morgan fingerprint density at radius 1 is 0.918 bits per heavy atom. The van der Waals surface area contributed by atoms with Gasteiger partial charge in [-0.2, -0.15) is 13.2 Å². The maximum absolute atomic E-state index is 14.2. The van der Waals surface area contributed by atoms with Gasteiger partial charge in [0.15, 0.2) is 12.1 Å². The van der Waals surface area contributed by atoms with Gasteiger partial charge in [-0.1, -0.05) is 87.9 Å². The van der Waals surface area contributed by atoms with Crippen molar-refractivity contribution in [3.05, 3.63) is 108 Å². The highest BCUT2D eigenvalue weighted by molar-refractivity contribution is 5.91. The Labute approximate surface area is 428 Å². The van der Waals surface area contributed by atoms with Crippen LogP contribution in [0.5, 0.6) is 0 Å². The number of aliphatic hydroxyl groups is 3. The van der Waals surface area contributed by atoms with Gasteiger partial charge in [0.05, 0.1) is 71.7 Å². The number of carbonyl (C=O) groups excluding carboxylic acids is 2. The number of fused-ring (bicyclic) bond motifs is 1. The molecule has 0 amide bonds. The summed E-state index contributed by atoms with van der Waals surface area (Å²) in [5.41, 5.74) is 2.73. The maximum atomic E-state index is 14.2.